The molecule has 0 spiro atoms. The Balaban J connectivity index is 1.29. The van der Waals surface area contributed by atoms with Gasteiger partial charge in [-0.15, -0.1) is 34.4 Å². The number of carbonyl (C=O) groups is 1. The van der Waals surface area contributed by atoms with Crippen molar-refractivity contribution in [1.82, 2.24) is 9.80 Å². The lowest BCUT2D eigenvalue weighted by Gasteiger charge is -2.24. The number of benzene rings is 1. The first-order valence-electron chi connectivity index (χ1n) is 15.5. The molecule has 2 saturated heterocycles. The fourth-order valence-electron chi connectivity index (χ4n) is 4.84. The van der Waals surface area contributed by atoms with Crippen LogP contribution in [0.3, 0.4) is 0 Å². The quantitative estimate of drug-likeness (QED) is 0.108. The molecule has 0 aliphatic carbocycles. The summed E-state index contributed by atoms with van der Waals surface area (Å²) < 4.78 is 16.4. The van der Waals surface area contributed by atoms with Gasteiger partial charge in [-0.1, -0.05) is 36.7 Å². The Labute approximate surface area is 279 Å². The maximum absolute atomic E-state index is 12.0. The average Bonchev–Trinajstić information content (AvgIpc) is 3.72. The molecular weight excluding hydrogens is 621 g/mol. The second-order valence-electron chi connectivity index (χ2n) is 10.8. The van der Waals surface area contributed by atoms with E-state index in [2.05, 4.69) is 69.9 Å². The number of thioether (sulfide) groups is 1. The van der Waals surface area contributed by atoms with Gasteiger partial charge in [0.05, 0.1) is 49.3 Å². The minimum atomic E-state index is -0.184. The standard InChI is InChI=1S/C36H40N2O4S3/c1-3-6-36(39)42-33-12-9-31(27-28(33)2)43-26-15-32(34-13-10-29(44-34)7-4-16-37-18-22-40-23-19-37)35-14-11-30(45-35)8-5-17-38-20-24-41-25-21-38/h9-15,27H,3,6,16-26H2,1-2H3. The van der Waals surface area contributed by atoms with Crippen molar-refractivity contribution in [2.75, 3.05) is 71.4 Å². The summed E-state index contributed by atoms with van der Waals surface area (Å²) >= 11 is 5.24. The molecule has 3 aromatic rings. The lowest BCUT2D eigenvalue weighted by molar-refractivity contribution is -0.134. The lowest BCUT2D eigenvalue weighted by atomic mass is 10.2. The van der Waals surface area contributed by atoms with Gasteiger partial charge in [-0.25, -0.2) is 0 Å². The van der Waals surface area contributed by atoms with E-state index in [1.165, 1.54) is 15.3 Å². The van der Waals surface area contributed by atoms with Crippen molar-refractivity contribution in [1.29, 1.82) is 0 Å². The highest BCUT2D eigenvalue weighted by atomic mass is 32.2. The molecule has 0 amide bonds. The van der Waals surface area contributed by atoms with Crippen molar-refractivity contribution in [3.05, 3.63) is 73.6 Å². The molecule has 0 bridgehead atoms. The lowest BCUT2D eigenvalue weighted by Crippen LogP contribution is -2.36. The predicted molar refractivity (Wildman–Crippen MR) is 186 cm³/mol. The molecule has 0 unspecified atom stereocenters. The first-order valence-corrected chi connectivity index (χ1v) is 18.1. The summed E-state index contributed by atoms with van der Waals surface area (Å²) in [6, 6.07) is 14.7. The van der Waals surface area contributed by atoms with E-state index in [-0.39, 0.29) is 5.97 Å². The number of hydrogen-bond donors (Lipinski definition) is 0. The van der Waals surface area contributed by atoms with E-state index in [9.17, 15) is 4.79 Å². The van der Waals surface area contributed by atoms with Crippen LogP contribution in [0.15, 0.2) is 53.4 Å². The summed E-state index contributed by atoms with van der Waals surface area (Å²) in [7, 11) is 0. The van der Waals surface area contributed by atoms with E-state index in [1.54, 1.807) is 34.4 Å². The summed E-state index contributed by atoms with van der Waals surface area (Å²) in [5.41, 5.74) is 2.17. The van der Waals surface area contributed by atoms with E-state index in [0.717, 1.165) is 98.1 Å². The first-order chi connectivity index (χ1) is 22.1. The van der Waals surface area contributed by atoms with Crippen LogP contribution >= 0.6 is 34.4 Å². The van der Waals surface area contributed by atoms with Gasteiger partial charge in [-0.3, -0.25) is 14.6 Å². The van der Waals surface area contributed by atoms with Gasteiger partial charge in [0.15, 0.2) is 0 Å². The number of nitrogens with zero attached hydrogens (tertiary/aromatic N) is 2. The summed E-state index contributed by atoms with van der Waals surface area (Å²) in [5.74, 6) is 14.7. The fourth-order valence-corrected chi connectivity index (χ4v) is 7.65. The minimum absolute atomic E-state index is 0.184. The van der Waals surface area contributed by atoms with Crippen LogP contribution in [0.5, 0.6) is 5.75 Å². The van der Waals surface area contributed by atoms with E-state index in [1.807, 2.05) is 26.0 Å². The van der Waals surface area contributed by atoms with E-state index >= 15 is 0 Å². The van der Waals surface area contributed by atoms with Gasteiger partial charge in [0.2, 0.25) is 0 Å². The monoisotopic (exact) mass is 660 g/mol. The number of carbonyl (C=O) groups excluding carboxylic acids is 1. The third-order valence-corrected chi connectivity index (χ3v) is 10.3. The largest absolute Gasteiger partial charge is 0.426 e. The Kier molecular flexibility index (Phi) is 13.2. The third kappa shape index (κ3) is 10.6. The van der Waals surface area contributed by atoms with Crippen LogP contribution < -0.4 is 4.74 Å². The van der Waals surface area contributed by atoms with Gasteiger partial charge in [0.25, 0.3) is 0 Å². The number of hydrogen-bond acceptors (Lipinski definition) is 9. The molecule has 2 fully saturated rings. The molecule has 236 valence electrons. The summed E-state index contributed by atoms with van der Waals surface area (Å²) in [4.78, 5) is 22.3. The number of rotatable bonds is 10. The smallest absolute Gasteiger partial charge is 0.311 e. The predicted octanol–water partition coefficient (Wildman–Crippen LogP) is 6.41. The Morgan fingerprint density at radius 2 is 1.47 bits per heavy atom. The van der Waals surface area contributed by atoms with Crippen LogP contribution in [0.4, 0.5) is 0 Å². The van der Waals surface area contributed by atoms with E-state index in [4.69, 9.17) is 14.2 Å². The maximum atomic E-state index is 12.0. The van der Waals surface area contributed by atoms with Crippen molar-refractivity contribution < 1.29 is 19.0 Å². The Morgan fingerprint density at radius 1 is 0.889 bits per heavy atom. The molecule has 1 aromatic carbocycles. The molecule has 0 N–H and O–H groups in total. The number of aryl methyl sites for hydroxylation is 1. The average molecular weight is 661 g/mol. The second-order valence-corrected chi connectivity index (χ2v) is 14.0. The zero-order valence-corrected chi connectivity index (χ0v) is 28.5. The van der Waals surface area contributed by atoms with Crippen LogP contribution in [-0.2, 0) is 14.3 Å². The van der Waals surface area contributed by atoms with Gasteiger partial charge < -0.3 is 14.2 Å². The van der Waals surface area contributed by atoms with Gasteiger partial charge in [0.1, 0.15) is 5.75 Å². The van der Waals surface area contributed by atoms with Gasteiger partial charge >= 0.3 is 5.97 Å². The number of morpholine rings is 2. The summed E-state index contributed by atoms with van der Waals surface area (Å²) in [6.07, 6.45) is 3.51. The van der Waals surface area contributed by atoms with Crippen LogP contribution in [0.1, 0.15) is 44.8 Å². The molecule has 4 heterocycles. The molecule has 2 aliphatic heterocycles. The van der Waals surface area contributed by atoms with Crippen molar-refractivity contribution in [2.45, 2.75) is 31.6 Å². The Hall–Kier alpha value is -2.86. The first kappa shape index (κ1) is 33.5. The molecule has 0 atom stereocenters. The van der Waals surface area contributed by atoms with Crippen LogP contribution in [0, 0.1) is 30.6 Å². The van der Waals surface area contributed by atoms with Crippen molar-refractivity contribution >= 4 is 46.0 Å². The fraction of sp³-hybridized carbons (Fsp3) is 0.417. The van der Waals surface area contributed by atoms with Crippen molar-refractivity contribution in [3.63, 3.8) is 0 Å². The van der Waals surface area contributed by atoms with Crippen molar-refractivity contribution in [2.24, 2.45) is 0 Å². The van der Waals surface area contributed by atoms with Crippen LogP contribution in [-0.4, -0.2) is 87.2 Å². The van der Waals surface area contributed by atoms with E-state index in [0.29, 0.717) is 12.2 Å². The topological polar surface area (TPSA) is 51.2 Å². The molecule has 0 radical (unpaired) electrons. The maximum Gasteiger partial charge on any atom is 0.311 e. The zero-order chi connectivity index (χ0) is 31.3. The molecule has 5 rings (SSSR count). The molecule has 2 aromatic heterocycles. The minimum Gasteiger partial charge on any atom is -0.426 e. The Bertz CT molecular complexity index is 1500. The zero-order valence-electron chi connectivity index (χ0n) is 26.1. The second kappa shape index (κ2) is 17.7. The summed E-state index contributed by atoms with van der Waals surface area (Å²) in [5, 5.41) is 0. The van der Waals surface area contributed by atoms with Crippen molar-refractivity contribution in [3.8, 4) is 29.4 Å². The molecule has 0 saturated carbocycles. The van der Waals surface area contributed by atoms with Gasteiger partial charge in [-0.2, -0.15) is 0 Å². The van der Waals surface area contributed by atoms with Crippen LogP contribution in [0.2, 0.25) is 0 Å². The van der Waals surface area contributed by atoms with E-state index < -0.39 is 0 Å². The highest BCUT2D eigenvalue weighted by Crippen LogP contribution is 2.35. The third-order valence-electron chi connectivity index (χ3n) is 7.34. The summed E-state index contributed by atoms with van der Waals surface area (Å²) in [6.45, 7) is 12.4. The number of esters is 1. The molecule has 45 heavy (non-hydrogen) atoms. The molecule has 9 heteroatoms. The molecule has 6 nitrogen and oxygen atoms in total. The van der Waals surface area contributed by atoms with Gasteiger partial charge in [0, 0.05) is 58.6 Å². The number of ether oxygens (including phenoxy) is 3. The number of thiophene rings is 2. The highest BCUT2D eigenvalue weighted by molar-refractivity contribution is 7.99. The normalized spacial score (nSPS) is 15.4. The van der Waals surface area contributed by atoms with Gasteiger partial charge in [-0.05, 0) is 61.4 Å². The van der Waals surface area contributed by atoms with Crippen LogP contribution in [0.25, 0.3) is 5.57 Å². The SMILES string of the molecule is CCCC(=O)Oc1ccc(SCC=C(c2ccc(C#CCN3CCOCC3)s2)c2ccc(C#CCN3CCOCC3)s2)cc1C. The molecule has 2 aliphatic rings. The molecular formula is C36H40N2O4S3. The Morgan fingerprint density at radius 3 is 2.00 bits per heavy atom. The highest BCUT2D eigenvalue weighted by Gasteiger charge is 2.13.